The van der Waals surface area contributed by atoms with Gasteiger partial charge < -0.3 is 15.5 Å². The summed E-state index contributed by atoms with van der Waals surface area (Å²) in [5, 5.41) is 6.31. The van der Waals surface area contributed by atoms with Crippen molar-refractivity contribution in [3.05, 3.63) is 0 Å². The summed E-state index contributed by atoms with van der Waals surface area (Å²) in [5.74, 6) is 0.261. The number of nitrogens with zero attached hydrogens (tertiary/aromatic N) is 1. The van der Waals surface area contributed by atoms with Crippen LogP contribution < -0.4 is 10.6 Å². The first-order valence-electron chi connectivity index (χ1n) is 6.42. The van der Waals surface area contributed by atoms with Crippen LogP contribution in [0.1, 0.15) is 32.1 Å². The van der Waals surface area contributed by atoms with Gasteiger partial charge in [0.1, 0.15) is 0 Å². The molecule has 2 fully saturated rings. The first kappa shape index (κ1) is 12.4. The molecule has 2 aliphatic rings. The molecule has 2 N–H and O–H groups in total. The largest absolute Gasteiger partial charge is 0.352 e. The molecule has 17 heavy (non-hydrogen) atoms. The lowest BCUT2D eigenvalue weighted by molar-refractivity contribution is -0.134. The minimum absolute atomic E-state index is 0.0888. The van der Waals surface area contributed by atoms with E-state index in [0.29, 0.717) is 25.4 Å². The zero-order valence-electron chi connectivity index (χ0n) is 10.4. The molecule has 0 aromatic heterocycles. The summed E-state index contributed by atoms with van der Waals surface area (Å²) in [6.07, 6.45) is 4.34. The minimum Gasteiger partial charge on any atom is -0.352 e. The molecule has 1 aliphatic carbocycles. The molecule has 1 saturated carbocycles. The van der Waals surface area contributed by atoms with Gasteiger partial charge in [0.05, 0.1) is 0 Å². The molecular weight excluding hydrogens is 218 g/mol. The molecule has 1 aliphatic heterocycles. The lowest BCUT2D eigenvalue weighted by Crippen LogP contribution is -2.48. The molecule has 0 radical (unpaired) electrons. The van der Waals surface area contributed by atoms with E-state index in [1.807, 2.05) is 0 Å². The van der Waals surface area contributed by atoms with Crippen LogP contribution in [-0.2, 0) is 9.59 Å². The molecule has 5 nitrogen and oxygen atoms in total. The van der Waals surface area contributed by atoms with E-state index in [2.05, 4.69) is 10.6 Å². The minimum atomic E-state index is 0.0888. The second-order valence-electron chi connectivity index (χ2n) is 5.06. The average Bonchev–Trinajstić information content (AvgIpc) is 3.07. The van der Waals surface area contributed by atoms with Crippen molar-refractivity contribution in [2.45, 2.75) is 44.2 Å². The van der Waals surface area contributed by atoms with Crippen molar-refractivity contribution in [1.29, 1.82) is 0 Å². The van der Waals surface area contributed by atoms with E-state index in [1.54, 1.807) is 11.9 Å². The Balaban J connectivity index is 1.61. The number of carbonyl (C=O) groups is 2. The van der Waals surface area contributed by atoms with Crippen molar-refractivity contribution in [3.63, 3.8) is 0 Å². The number of piperidine rings is 1. The van der Waals surface area contributed by atoms with Crippen LogP contribution in [0.3, 0.4) is 0 Å². The standard InChI is InChI=1S/C12H21N3O2/c1-15-8-10(4-5-12(15)17)14-11(16)6-7-13-9-2-3-9/h9-10,13H,2-8H2,1H3,(H,14,16). The number of likely N-dealkylation sites (N-methyl/N-ethyl adjacent to an activating group) is 1. The van der Waals surface area contributed by atoms with Gasteiger partial charge in [-0.25, -0.2) is 0 Å². The highest BCUT2D eigenvalue weighted by Crippen LogP contribution is 2.18. The smallest absolute Gasteiger partial charge is 0.222 e. The molecule has 1 saturated heterocycles. The van der Waals surface area contributed by atoms with Gasteiger partial charge in [-0.1, -0.05) is 0 Å². The Morgan fingerprint density at radius 1 is 1.35 bits per heavy atom. The van der Waals surface area contributed by atoms with Crippen LogP contribution in [0.4, 0.5) is 0 Å². The van der Waals surface area contributed by atoms with Gasteiger partial charge in [0.2, 0.25) is 11.8 Å². The van der Waals surface area contributed by atoms with Crippen LogP contribution in [0.2, 0.25) is 0 Å². The number of likely N-dealkylation sites (tertiary alicyclic amines) is 1. The Kier molecular flexibility index (Phi) is 3.99. The number of amides is 2. The van der Waals surface area contributed by atoms with Crippen LogP contribution in [0.25, 0.3) is 0 Å². The van der Waals surface area contributed by atoms with Gasteiger partial charge in [-0.2, -0.15) is 0 Å². The predicted molar refractivity (Wildman–Crippen MR) is 64.4 cm³/mol. The first-order valence-corrected chi connectivity index (χ1v) is 6.42. The highest BCUT2D eigenvalue weighted by molar-refractivity contribution is 5.79. The zero-order valence-corrected chi connectivity index (χ0v) is 10.4. The van der Waals surface area contributed by atoms with E-state index in [9.17, 15) is 9.59 Å². The summed E-state index contributed by atoms with van der Waals surface area (Å²) in [4.78, 5) is 24.6. The Bertz CT molecular complexity index is 302. The van der Waals surface area contributed by atoms with Crippen LogP contribution >= 0.6 is 0 Å². The summed E-state index contributed by atoms with van der Waals surface area (Å²) in [5.41, 5.74) is 0. The quantitative estimate of drug-likeness (QED) is 0.702. The normalized spacial score (nSPS) is 24.9. The maximum absolute atomic E-state index is 11.6. The number of rotatable bonds is 5. The SMILES string of the molecule is CN1CC(NC(=O)CCNC2CC2)CCC1=O. The Morgan fingerprint density at radius 2 is 2.12 bits per heavy atom. The molecule has 1 atom stereocenters. The van der Waals surface area contributed by atoms with Gasteiger partial charge in [-0.3, -0.25) is 9.59 Å². The van der Waals surface area contributed by atoms with E-state index in [-0.39, 0.29) is 17.9 Å². The third-order valence-corrected chi connectivity index (χ3v) is 3.35. The molecule has 1 heterocycles. The van der Waals surface area contributed by atoms with Crippen molar-refractivity contribution < 1.29 is 9.59 Å². The summed E-state index contributed by atoms with van der Waals surface area (Å²) in [7, 11) is 1.79. The van der Waals surface area contributed by atoms with E-state index in [0.717, 1.165) is 13.0 Å². The predicted octanol–water partition coefficient (Wildman–Crippen LogP) is -0.134. The van der Waals surface area contributed by atoms with E-state index < -0.39 is 0 Å². The van der Waals surface area contributed by atoms with Crippen molar-refractivity contribution in [2.24, 2.45) is 0 Å². The van der Waals surface area contributed by atoms with Gasteiger partial charge >= 0.3 is 0 Å². The molecular formula is C12H21N3O2. The summed E-state index contributed by atoms with van der Waals surface area (Å²) >= 11 is 0. The number of nitrogens with one attached hydrogen (secondary N) is 2. The van der Waals surface area contributed by atoms with E-state index in [1.165, 1.54) is 12.8 Å². The highest BCUT2D eigenvalue weighted by atomic mass is 16.2. The van der Waals surface area contributed by atoms with E-state index in [4.69, 9.17) is 0 Å². The Labute approximate surface area is 102 Å². The lowest BCUT2D eigenvalue weighted by Gasteiger charge is -2.30. The second-order valence-corrected chi connectivity index (χ2v) is 5.06. The number of hydrogen-bond donors (Lipinski definition) is 2. The molecule has 2 rings (SSSR count). The second kappa shape index (κ2) is 5.49. The molecule has 0 aromatic carbocycles. The van der Waals surface area contributed by atoms with Crippen molar-refractivity contribution in [2.75, 3.05) is 20.1 Å². The molecule has 0 aromatic rings. The number of hydrogen-bond acceptors (Lipinski definition) is 3. The topological polar surface area (TPSA) is 61.4 Å². The van der Waals surface area contributed by atoms with Crippen molar-refractivity contribution in [1.82, 2.24) is 15.5 Å². The Morgan fingerprint density at radius 3 is 2.76 bits per heavy atom. The van der Waals surface area contributed by atoms with Gasteiger partial charge in [0, 0.05) is 45.1 Å². The fourth-order valence-corrected chi connectivity index (χ4v) is 2.11. The molecule has 1 unspecified atom stereocenters. The molecule has 0 bridgehead atoms. The van der Waals surface area contributed by atoms with Crippen LogP contribution in [0.15, 0.2) is 0 Å². The molecule has 2 amide bonds. The molecule has 5 heteroatoms. The van der Waals surface area contributed by atoms with Crippen LogP contribution in [0, 0.1) is 0 Å². The molecule has 96 valence electrons. The van der Waals surface area contributed by atoms with Gasteiger partial charge in [0.15, 0.2) is 0 Å². The van der Waals surface area contributed by atoms with Gasteiger partial charge in [0.25, 0.3) is 0 Å². The van der Waals surface area contributed by atoms with E-state index >= 15 is 0 Å². The summed E-state index contributed by atoms with van der Waals surface area (Å²) < 4.78 is 0. The third-order valence-electron chi connectivity index (χ3n) is 3.35. The average molecular weight is 239 g/mol. The fourth-order valence-electron chi connectivity index (χ4n) is 2.11. The maximum atomic E-state index is 11.6. The maximum Gasteiger partial charge on any atom is 0.222 e. The van der Waals surface area contributed by atoms with Crippen LogP contribution in [-0.4, -0.2) is 48.9 Å². The highest BCUT2D eigenvalue weighted by Gasteiger charge is 2.24. The third kappa shape index (κ3) is 4.00. The van der Waals surface area contributed by atoms with Crippen LogP contribution in [0.5, 0.6) is 0 Å². The summed E-state index contributed by atoms with van der Waals surface area (Å²) in [6, 6.07) is 0.785. The Hall–Kier alpha value is -1.10. The monoisotopic (exact) mass is 239 g/mol. The zero-order chi connectivity index (χ0) is 12.3. The fraction of sp³-hybridized carbons (Fsp3) is 0.833. The van der Waals surface area contributed by atoms with Gasteiger partial charge in [-0.05, 0) is 19.3 Å². The number of carbonyl (C=O) groups excluding carboxylic acids is 2. The van der Waals surface area contributed by atoms with Crippen molar-refractivity contribution >= 4 is 11.8 Å². The lowest BCUT2D eigenvalue weighted by atomic mass is 10.1. The summed E-state index contributed by atoms with van der Waals surface area (Å²) in [6.45, 7) is 1.40. The van der Waals surface area contributed by atoms with Gasteiger partial charge in [-0.15, -0.1) is 0 Å². The van der Waals surface area contributed by atoms with Crippen molar-refractivity contribution in [3.8, 4) is 0 Å². The molecule has 0 spiro atoms. The first-order chi connectivity index (χ1) is 8.15.